The van der Waals surface area contributed by atoms with Crippen LogP contribution in [0.25, 0.3) is 0 Å². The van der Waals surface area contributed by atoms with Crippen molar-refractivity contribution in [3.05, 3.63) is 131 Å². The van der Waals surface area contributed by atoms with Gasteiger partial charge in [-0.1, -0.05) is 91.0 Å². The fraction of sp³-hybridized carbons (Fsp3) is 0.257. The van der Waals surface area contributed by atoms with Crippen LogP contribution in [0.1, 0.15) is 22.3 Å². The summed E-state index contributed by atoms with van der Waals surface area (Å²) >= 11 is 0. The molecular weight excluding hydrogens is 590 g/mol. The number of methoxy groups -OCH3 is 2. The number of carbonyl (C=O) groups is 2. The molecule has 1 N–H and O–H groups in total. The zero-order valence-corrected chi connectivity index (χ0v) is 26.6. The van der Waals surface area contributed by atoms with Gasteiger partial charge in [-0.3, -0.25) is 9.59 Å². The number of hydrogen-bond acceptors (Lipinski definition) is 6. The molecule has 0 saturated heterocycles. The third-order valence-corrected chi connectivity index (χ3v) is 8.61. The molecular formula is C35H39N3O6S. The van der Waals surface area contributed by atoms with E-state index < -0.39 is 28.5 Å². The van der Waals surface area contributed by atoms with Gasteiger partial charge in [0.2, 0.25) is 21.8 Å². The van der Waals surface area contributed by atoms with Crippen molar-refractivity contribution in [1.82, 2.24) is 14.5 Å². The predicted molar refractivity (Wildman–Crippen MR) is 174 cm³/mol. The minimum absolute atomic E-state index is 0.0190. The van der Waals surface area contributed by atoms with E-state index in [1.165, 1.54) is 4.90 Å². The van der Waals surface area contributed by atoms with E-state index in [4.69, 9.17) is 9.47 Å². The number of hydrogen-bond donors (Lipinski definition) is 1. The van der Waals surface area contributed by atoms with Gasteiger partial charge in [0, 0.05) is 31.6 Å². The van der Waals surface area contributed by atoms with E-state index in [0.717, 1.165) is 32.8 Å². The van der Waals surface area contributed by atoms with Crippen LogP contribution in [-0.2, 0) is 45.7 Å². The largest absolute Gasteiger partial charge is 0.497 e. The molecule has 9 nitrogen and oxygen atoms in total. The highest BCUT2D eigenvalue weighted by atomic mass is 32.2. The maximum absolute atomic E-state index is 14.2. The lowest BCUT2D eigenvalue weighted by atomic mass is 10.0. The molecule has 0 fully saturated rings. The standard InChI is InChI=1S/C35H39N3O6S/c1-43-31-20-18-29(19-21-31)25-38(34(39)26-37(45(3,41)42)24-28-14-8-5-9-15-28)32(22-27-12-6-4-7-13-27)35(40)36-23-30-16-10-11-17-33(30)44-2/h4-21,32H,22-26H2,1-3H3,(H,36,40). The third kappa shape index (κ3) is 9.66. The van der Waals surface area contributed by atoms with Crippen LogP contribution in [0, 0.1) is 0 Å². The Kier molecular flexibility index (Phi) is 11.7. The van der Waals surface area contributed by atoms with Crippen molar-refractivity contribution < 1.29 is 27.5 Å². The molecule has 1 unspecified atom stereocenters. The van der Waals surface area contributed by atoms with Gasteiger partial charge in [-0.25, -0.2) is 8.42 Å². The Morgan fingerprint density at radius 2 is 1.31 bits per heavy atom. The maximum Gasteiger partial charge on any atom is 0.243 e. The van der Waals surface area contributed by atoms with E-state index in [1.807, 2.05) is 84.9 Å². The van der Waals surface area contributed by atoms with Crippen molar-refractivity contribution >= 4 is 21.8 Å². The number of amides is 2. The summed E-state index contributed by atoms with van der Waals surface area (Å²) in [5.74, 6) is 0.410. The Labute approximate surface area is 265 Å². The minimum atomic E-state index is -3.78. The van der Waals surface area contributed by atoms with Crippen LogP contribution in [0.2, 0.25) is 0 Å². The molecule has 0 radical (unpaired) electrons. The van der Waals surface area contributed by atoms with Crippen molar-refractivity contribution in [3.8, 4) is 11.5 Å². The minimum Gasteiger partial charge on any atom is -0.497 e. The van der Waals surface area contributed by atoms with Gasteiger partial charge in [-0.05, 0) is 34.9 Å². The van der Waals surface area contributed by atoms with Gasteiger partial charge in [-0.2, -0.15) is 4.31 Å². The van der Waals surface area contributed by atoms with Crippen LogP contribution >= 0.6 is 0 Å². The molecule has 0 aliphatic heterocycles. The molecule has 0 spiro atoms. The Hall–Kier alpha value is -4.67. The van der Waals surface area contributed by atoms with Crippen LogP contribution in [0.15, 0.2) is 109 Å². The molecule has 0 heterocycles. The lowest BCUT2D eigenvalue weighted by molar-refractivity contribution is -0.141. The number of rotatable bonds is 15. The number of para-hydroxylation sites is 1. The molecule has 236 valence electrons. The molecule has 4 aromatic carbocycles. The van der Waals surface area contributed by atoms with E-state index in [2.05, 4.69) is 5.32 Å². The van der Waals surface area contributed by atoms with Gasteiger partial charge in [0.05, 0.1) is 27.0 Å². The summed E-state index contributed by atoms with van der Waals surface area (Å²) in [7, 11) is -0.642. The number of carbonyl (C=O) groups excluding carboxylic acids is 2. The second-order valence-corrected chi connectivity index (χ2v) is 12.6. The monoisotopic (exact) mass is 629 g/mol. The molecule has 0 bridgehead atoms. The zero-order chi connectivity index (χ0) is 32.2. The van der Waals surface area contributed by atoms with Crippen LogP contribution in [0.3, 0.4) is 0 Å². The number of nitrogens with zero attached hydrogens (tertiary/aromatic N) is 2. The van der Waals surface area contributed by atoms with Gasteiger partial charge in [0.15, 0.2) is 0 Å². The first-order chi connectivity index (χ1) is 21.7. The molecule has 10 heteroatoms. The molecule has 0 saturated carbocycles. The second-order valence-electron chi connectivity index (χ2n) is 10.6. The summed E-state index contributed by atoms with van der Waals surface area (Å²) in [6, 6.07) is 32.2. The van der Waals surface area contributed by atoms with E-state index in [-0.39, 0.29) is 32.0 Å². The SMILES string of the molecule is COc1ccc(CN(C(=O)CN(Cc2ccccc2)S(C)(=O)=O)C(Cc2ccccc2)C(=O)NCc2ccccc2OC)cc1. The number of benzene rings is 4. The highest BCUT2D eigenvalue weighted by Gasteiger charge is 2.33. The van der Waals surface area contributed by atoms with E-state index in [9.17, 15) is 18.0 Å². The van der Waals surface area contributed by atoms with Crippen LogP contribution in [0.4, 0.5) is 0 Å². The van der Waals surface area contributed by atoms with Crippen LogP contribution < -0.4 is 14.8 Å². The van der Waals surface area contributed by atoms with Gasteiger partial charge in [0.1, 0.15) is 17.5 Å². The van der Waals surface area contributed by atoms with Gasteiger partial charge in [0.25, 0.3) is 0 Å². The Morgan fingerprint density at radius 3 is 1.91 bits per heavy atom. The van der Waals surface area contributed by atoms with E-state index in [0.29, 0.717) is 11.5 Å². The average molecular weight is 630 g/mol. The summed E-state index contributed by atoms with van der Waals surface area (Å²) in [6.45, 7) is -0.159. The molecule has 0 aromatic heterocycles. The zero-order valence-electron chi connectivity index (χ0n) is 25.8. The van der Waals surface area contributed by atoms with Crippen molar-refractivity contribution in [3.63, 3.8) is 0 Å². The van der Waals surface area contributed by atoms with Crippen molar-refractivity contribution in [2.24, 2.45) is 0 Å². The molecule has 4 rings (SSSR count). The quantitative estimate of drug-likeness (QED) is 0.209. The lowest BCUT2D eigenvalue weighted by Gasteiger charge is -2.33. The first kappa shape index (κ1) is 33.2. The summed E-state index contributed by atoms with van der Waals surface area (Å²) in [5, 5.41) is 2.99. The van der Waals surface area contributed by atoms with Crippen LogP contribution in [0.5, 0.6) is 11.5 Å². The summed E-state index contributed by atoms with van der Waals surface area (Å²) in [5.41, 5.74) is 3.14. The molecule has 45 heavy (non-hydrogen) atoms. The number of nitrogens with one attached hydrogen (secondary N) is 1. The van der Waals surface area contributed by atoms with Crippen molar-refractivity contribution in [2.45, 2.75) is 32.1 Å². The smallest absolute Gasteiger partial charge is 0.243 e. The fourth-order valence-electron chi connectivity index (χ4n) is 4.95. The Balaban J connectivity index is 1.69. The normalized spacial score (nSPS) is 11.9. The molecule has 2 amide bonds. The Morgan fingerprint density at radius 1 is 0.733 bits per heavy atom. The summed E-state index contributed by atoms with van der Waals surface area (Å²) in [4.78, 5) is 29.7. The fourth-order valence-corrected chi connectivity index (χ4v) is 5.68. The third-order valence-electron chi connectivity index (χ3n) is 7.41. The molecule has 4 aromatic rings. The van der Waals surface area contributed by atoms with Crippen molar-refractivity contribution in [1.29, 1.82) is 0 Å². The predicted octanol–water partition coefficient (Wildman–Crippen LogP) is 4.42. The maximum atomic E-state index is 14.2. The van der Waals surface area contributed by atoms with Crippen LogP contribution in [-0.4, -0.2) is 62.5 Å². The van der Waals surface area contributed by atoms with Gasteiger partial charge in [-0.15, -0.1) is 0 Å². The highest BCUT2D eigenvalue weighted by molar-refractivity contribution is 7.88. The molecule has 0 aliphatic carbocycles. The summed E-state index contributed by atoms with van der Waals surface area (Å²) in [6.07, 6.45) is 1.30. The molecule has 1 atom stereocenters. The Bertz CT molecular complexity index is 1650. The van der Waals surface area contributed by atoms with E-state index in [1.54, 1.807) is 38.5 Å². The number of ether oxygens (including phenoxy) is 2. The summed E-state index contributed by atoms with van der Waals surface area (Å²) < 4.78 is 37.7. The lowest BCUT2D eigenvalue weighted by Crippen LogP contribution is -2.53. The first-order valence-electron chi connectivity index (χ1n) is 14.5. The van der Waals surface area contributed by atoms with E-state index >= 15 is 0 Å². The highest BCUT2D eigenvalue weighted by Crippen LogP contribution is 2.20. The van der Waals surface area contributed by atoms with Crippen molar-refractivity contribution in [2.75, 3.05) is 27.0 Å². The first-order valence-corrected chi connectivity index (χ1v) is 16.4. The molecule has 0 aliphatic rings. The van der Waals surface area contributed by atoms with Gasteiger partial charge >= 0.3 is 0 Å². The van der Waals surface area contributed by atoms with Gasteiger partial charge < -0.3 is 19.7 Å². The average Bonchev–Trinajstić information content (AvgIpc) is 3.05. The second kappa shape index (κ2) is 15.9. The number of sulfonamides is 1. The topological polar surface area (TPSA) is 105 Å².